The maximum atomic E-state index is 10.2. The first-order valence-electron chi connectivity index (χ1n) is 8.15. The molecule has 0 fully saturated rings. The van der Waals surface area contributed by atoms with E-state index in [0.717, 1.165) is 6.42 Å². The van der Waals surface area contributed by atoms with Crippen LogP contribution >= 0.6 is 0 Å². The van der Waals surface area contributed by atoms with Crippen LogP contribution in [0, 0.1) is 11.8 Å². The normalized spacial score (nSPS) is 19.6. The third-order valence-electron chi connectivity index (χ3n) is 4.18. The number of methoxy groups -OCH3 is 1. The van der Waals surface area contributed by atoms with Gasteiger partial charge in [-0.05, 0) is 32.1 Å². The quantitative estimate of drug-likeness (QED) is 0.616. The first-order valence-corrected chi connectivity index (χ1v) is 8.15. The standard InChI is InChI=1S/C17H36O4/c1-12(2)10-14(5)21-16(11-15(19)13(3)4)17(6,20-7)8-9-18/h12-16,18-19H,8-11H2,1-7H3. The fourth-order valence-corrected chi connectivity index (χ4v) is 2.56. The molecule has 0 rings (SSSR count). The van der Waals surface area contributed by atoms with Gasteiger partial charge in [0.15, 0.2) is 0 Å². The van der Waals surface area contributed by atoms with Crippen molar-refractivity contribution in [3.05, 3.63) is 0 Å². The van der Waals surface area contributed by atoms with Crippen LogP contribution in [-0.4, -0.2) is 47.8 Å². The lowest BCUT2D eigenvalue weighted by atomic mass is 9.88. The first kappa shape index (κ1) is 20.8. The zero-order valence-corrected chi connectivity index (χ0v) is 14.9. The van der Waals surface area contributed by atoms with Gasteiger partial charge in [-0.2, -0.15) is 0 Å². The number of aliphatic hydroxyl groups excluding tert-OH is 2. The molecule has 0 saturated carbocycles. The van der Waals surface area contributed by atoms with Crippen LogP contribution in [0.15, 0.2) is 0 Å². The maximum absolute atomic E-state index is 10.2. The molecular weight excluding hydrogens is 268 g/mol. The van der Waals surface area contributed by atoms with Crippen LogP contribution in [-0.2, 0) is 9.47 Å². The lowest BCUT2D eigenvalue weighted by Crippen LogP contribution is -2.47. The number of hydrogen-bond donors (Lipinski definition) is 2. The van der Waals surface area contributed by atoms with Crippen molar-refractivity contribution in [3.63, 3.8) is 0 Å². The highest BCUT2D eigenvalue weighted by Gasteiger charge is 2.37. The van der Waals surface area contributed by atoms with E-state index in [1.807, 2.05) is 20.8 Å². The smallest absolute Gasteiger partial charge is 0.0934 e. The molecule has 0 aliphatic heterocycles. The van der Waals surface area contributed by atoms with Gasteiger partial charge in [-0.3, -0.25) is 0 Å². The summed E-state index contributed by atoms with van der Waals surface area (Å²) in [4.78, 5) is 0. The molecule has 4 nitrogen and oxygen atoms in total. The van der Waals surface area contributed by atoms with Crippen molar-refractivity contribution in [2.24, 2.45) is 11.8 Å². The van der Waals surface area contributed by atoms with Crippen LogP contribution in [0.1, 0.15) is 60.8 Å². The second-order valence-corrected chi connectivity index (χ2v) is 7.10. The highest BCUT2D eigenvalue weighted by molar-refractivity contribution is 4.88. The van der Waals surface area contributed by atoms with E-state index in [4.69, 9.17) is 9.47 Å². The van der Waals surface area contributed by atoms with Crippen LogP contribution in [0.2, 0.25) is 0 Å². The topological polar surface area (TPSA) is 58.9 Å². The predicted octanol–water partition coefficient (Wildman–Crippen LogP) is 3.00. The van der Waals surface area contributed by atoms with Crippen LogP contribution in [0.5, 0.6) is 0 Å². The Morgan fingerprint density at radius 2 is 1.62 bits per heavy atom. The number of rotatable bonds is 11. The van der Waals surface area contributed by atoms with Crippen molar-refractivity contribution in [2.75, 3.05) is 13.7 Å². The molecule has 4 heteroatoms. The van der Waals surface area contributed by atoms with Gasteiger partial charge in [0, 0.05) is 26.6 Å². The average Bonchev–Trinajstić information content (AvgIpc) is 2.36. The van der Waals surface area contributed by atoms with Gasteiger partial charge in [0.2, 0.25) is 0 Å². The monoisotopic (exact) mass is 304 g/mol. The molecule has 0 saturated heterocycles. The molecular formula is C17H36O4. The minimum absolute atomic E-state index is 0.0422. The zero-order valence-electron chi connectivity index (χ0n) is 14.9. The third-order valence-corrected chi connectivity index (χ3v) is 4.18. The van der Waals surface area contributed by atoms with E-state index in [1.54, 1.807) is 7.11 Å². The van der Waals surface area contributed by atoms with Crippen LogP contribution in [0.4, 0.5) is 0 Å². The van der Waals surface area contributed by atoms with Crippen molar-refractivity contribution in [1.29, 1.82) is 0 Å². The number of hydrogen-bond acceptors (Lipinski definition) is 4. The molecule has 128 valence electrons. The molecule has 0 bridgehead atoms. The van der Waals surface area contributed by atoms with E-state index < -0.39 is 11.7 Å². The molecule has 0 aromatic rings. The third kappa shape index (κ3) is 7.59. The Bertz CT molecular complexity index is 268. The molecule has 0 spiro atoms. The molecule has 0 aromatic carbocycles. The Morgan fingerprint density at radius 1 is 1.05 bits per heavy atom. The second kappa shape index (κ2) is 9.78. The number of ether oxygens (including phenoxy) is 2. The van der Waals surface area contributed by atoms with E-state index in [2.05, 4.69) is 20.8 Å². The highest BCUT2D eigenvalue weighted by atomic mass is 16.5. The fraction of sp³-hybridized carbons (Fsp3) is 1.00. The van der Waals surface area contributed by atoms with Gasteiger partial charge in [0.05, 0.1) is 23.9 Å². The highest BCUT2D eigenvalue weighted by Crippen LogP contribution is 2.29. The molecule has 0 radical (unpaired) electrons. The Hall–Kier alpha value is -0.160. The minimum atomic E-state index is -0.587. The van der Waals surface area contributed by atoms with Crippen molar-refractivity contribution in [2.45, 2.75) is 84.7 Å². The van der Waals surface area contributed by atoms with E-state index in [0.29, 0.717) is 18.8 Å². The molecule has 0 heterocycles. The lowest BCUT2D eigenvalue weighted by Gasteiger charge is -2.39. The van der Waals surface area contributed by atoms with E-state index >= 15 is 0 Å². The van der Waals surface area contributed by atoms with E-state index in [1.165, 1.54) is 0 Å². The summed E-state index contributed by atoms with van der Waals surface area (Å²) < 4.78 is 11.8. The molecule has 4 unspecified atom stereocenters. The van der Waals surface area contributed by atoms with Crippen molar-refractivity contribution in [1.82, 2.24) is 0 Å². The second-order valence-electron chi connectivity index (χ2n) is 7.10. The largest absolute Gasteiger partial charge is 0.396 e. The summed E-state index contributed by atoms with van der Waals surface area (Å²) >= 11 is 0. The Labute approximate surface area is 130 Å². The van der Waals surface area contributed by atoms with Crippen molar-refractivity contribution < 1.29 is 19.7 Å². The van der Waals surface area contributed by atoms with Crippen molar-refractivity contribution >= 4 is 0 Å². The van der Waals surface area contributed by atoms with Crippen LogP contribution in [0.25, 0.3) is 0 Å². The van der Waals surface area contributed by atoms with Gasteiger partial charge in [-0.15, -0.1) is 0 Å². The summed E-state index contributed by atoms with van der Waals surface area (Å²) in [6.45, 7) is 12.4. The Kier molecular flexibility index (Phi) is 9.70. The lowest BCUT2D eigenvalue weighted by molar-refractivity contribution is -0.162. The SMILES string of the molecule is COC(C)(CCO)C(CC(O)C(C)C)OC(C)CC(C)C. The summed E-state index contributed by atoms with van der Waals surface area (Å²) in [5.41, 5.74) is -0.587. The number of aliphatic hydroxyl groups is 2. The summed E-state index contributed by atoms with van der Waals surface area (Å²) in [6, 6.07) is 0. The molecule has 21 heavy (non-hydrogen) atoms. The first-order chi connectivity index (χ1) is 9.66. The molecule has 0 aliphatic rings. The molecule has 0 aliphatic carbocycles. The summed E-state index contributed by atoms with van der Waals surface area (Å²) in [6.07, 6.45) is 1.41. The van der Waals surface area contributed by atoms with E-state index in [9.17, 15) is 10.2 Å². The van der Waals surface area contributed by atoms with Gasteiger partial charge >= 0.3 is 0 Å². The van der Waals surface area contributed by atoms with Crippen LogP contribution in [0.3, 0.4) is 0 Å². The Balaban J connectivity index is 4.98. The molecule has 2 N–H and O–H groups in total. The maximum Gasteiger partial charge on any atom is 0.0934 e. The fourth-order valence-electron chi connectivity index (χ4n) is 2.56. The average molecular weight is 304 g/mol. The van der Waals surface area contributed by atoms with Crippen molar-refractivity contribution in [3.8, 4) is 0 Å². The zero-order chi connectivity index (χ0) is 16.6. The molecule has 0 aromatic heterocycles. The Morgan fingerprint density at radius 3 is 2.00 bits per heavy atom. The van der Waals surface area contributed by atoms with Gasteiger partial charge < -0.3 is 19.7 Å². The molecule has 0 amide bonds. The van der Waals surface area contributed by atoms with Gasteiger partial charge in [0.1, 0.15) is 0 Å². The van der Waals surface area contributed by atoms with E-state index in [-0.39, 0.29) is 24.7 Å². The minimum Gasteiger partial charge on any atom is -0.396 e. The van der Waals surface area contributed by atoms with Gasteiger partial charge in [-0.1, -0.05) is 27.7 Å². The molecule has 4 atom stereocenters. The van der Waals surface area contributed by atoms with Gasteiger partial charge in [-0.25, -0.2) is 0 Å². The van der Waals surface area contributed by atoms with Gasteiger partial charge in [0.25, 0.3) is 0 Å². The van der Waals surface area contributed by atoms with Crippen LogP contribution < -0.4 is 0 Å². The predicted molar refractivity (Wildman–Crippen MR) is 86.4 cm³/mol. The summed E-state index contributed by atoms with van der Waals surface area (Å²) in [5, 5.41) is 19.5. The summed E-state index contributed by atoms with van der Waals surface area (Å²) in [7, 11) is 1.64. The summed E-state index contributed by atoms with van der Waals surface area (Å²) in [5.74, 6) is 0.731.